The monoisotopic (exact) mass is 442 g/mol. The summed E-state index contributed by atoms with van der Waals surface area (Å²) in [7, 11) is 0. The molecule has 0 fully saturated rings. The van der Waals surface area contributed by atoms with Gasteiger partial charge in [-0.25, -0.2) is 4.98 Å². The quantitative estimate of drug-likeness (QED) is 0.246. The number of carbonyl (C=O) groups is 2. The van der Waals surface area contributed by atoms with Gasteiger partial charge in [-0.1, -0.05) is 29.8 Å². The summed E-state index contributed by atoms with van der Waals surface area (Å²) in [4.78, 5) is 30.1. The van der Waals surface area contributed by atoms with Gasteiger partial charge in [0.25, 0.3) is 0 Å². The van der Waals surface area contributed by atoms with Crippen molar-refractivity contribution in [3.05, 3.63) is 71.9 Å². The molecule has 0 aliphatic rings. The second-order valence-corrected chi connectivity index (χ2v) is 6.66. The molecule has 0 atom stereocenters. The Morgan fingerprint density at radius 1 is 0.967 bits per heavy atom. The fourth-order valence-electron chi connectivity index (χ4n) is 2.60. The van der Waals surface area contributed by atoms with Gasteiger partial charge in [0.1, 0.15) is 11.4 Å². The van der Waals surface area contributed by atoms with Crippen LogP contribution in [0.5, 0.6) is 11.6 Å². The molecule has 2 aromatic heterocycles. The normalized spacial score (nSPS) is 10.2. The van der Waals surface area contributed by atoms with E-state index in [1.54, 1.807) is 30.5 Å². The van der Waals surface area contributed by atoms with E-state index in [0.29, 0.717) is 16.3 Å². The molecule has 152 valence electrons. The zero-order valence-corrected chi connectivity index (χ0v) is 17.4. The van der Waals surface area contributed by atoms with Crippen molar-refractivity contribution in [2.75, 3.05) is 5.88 Å². The van der Waals surface area contributed by atoms with Crippen LogP contribution in [-0.2, 0) is 9.59 Å². The number of nitrogens with zero attached hydrogens (tertiary/aromatic N) is 2. The number of aromatic nitrogens is 2. The van der Waals surface area contributed by atoms with Crippen molar-refractivity contribution in [1.29, 1.82) is 0 Å². The molecule has 0 N–H and O–H groups in total. The highest BCUT2D eigenvalue weighted by atomic mass is 35.5. The van der Waals surface area contributed by atoms with Crippen LogP contribution in [0.3, 0.4) is 0 Å². The number of halogens is 2. The SMILES string of the molecule is CC(=O)Oc1ccc(Cl)c2cccnc12.O=C(CCl)Oc1ccc2ccccc2n1. The number of hydrogen-bond acceptors (Lipinski definition) is 6. The average molecular weight is 443 g/mol. The minimum Gasteiger partial charge on any atom is -0.424 e. The number of alkyl halides is 1. The standard InChI is InChI=1S/2C11H8ClNO2/c1-7(14)15-10-5-4-9(12)8-3-2-6-13-11(8)10;12-7-11(14)15-10-6-5-8-3-1-2-4-9(8)13-10/h2-6H,1H3;1-6H,7H2. The van der Waals surface area contributed by atoms with Crippen molar-refractivity contribution >= 4 is 56.9 Å². The van der Waals surface area contributed by atoms with Crippen LogP contribution in [0.1, 0.15) is 6.92 Å². The molecule has 0 radical (unpaired) electrons. The Balaban J connectivity index is 0.000000171. The molecule has 4 aromatic rings. The van der Waals surface area contributed by atoms with Crippen molar-refractivity contribution in [2.45, 2.75) is 6.92 Å². The highest BCUT2D eigenvalue weighted by molar-refractivity contribution is 6.35. The Labute approximate surface area is 182 Å². The van der Waals surface area contributed by atoms with Crippen molar-refractivity contribution in [2.24, 2.45) is 0 Å². The van der Waals surface area contributed by atoms with Gasteiger partial charge in [0.2, 0.25) is 5.88 Å². The first kappa shape index (κ1) is 21.5. The summed E-state index contributed by atoms with van der Waals surface area (Å²) in [6.07, 6.45) is 1.63. The van der Waals surface area contributed by atoms with E-state index in [-0.39, 0.29) is 17.7 Å². The molecule has 0 bridgehead atoms. The van der Waals surface area contributed by atoms with E-state index in [0.717, 1.165) is 16.3 Å². The number of benzene rings is 2. The maximum atomic E-state index is 10.9. The molecule has 2 heterocycles. The molecule has 0 spiro atoms. The Morgan fingerprint density at radius 3 is 2.53 bits per heavy atom. The third kappa shape index (κ3) is 5.43. The highest BCUT2D eigenvalue weighted by Gasteiger charge is 2.08. The van der Waals surface area contributed by atoms with Crippen molar-refractivity contribution < 1.29 is 19.1 Å². The summed E-state index contributed by atoms with van der Waals surface area (Å²) in [6, 6.07) is 18.0. The largest absolute Gasteiger partial charge is 0.424 e. The van der Waals surface area contributed by atoms with Gasteiger partial charge in [-0.05, 0) is 36.4 Å². The van der Waals surface area contributed by atoms with E-state index in [1.807, 2.05) is 36.4 Å². The van der Waals surface area contributed by atoms with Crippen LogP contribution in [0.25, 0.3) is 21.8 Å². The first-order chi connectivity index (χ1) is 14.5. The molecule has 0 amide bonds. The van der Waals surface area contributed by atoms with Crippen LogP contribution >= 0.6 is 23.2 Å². The second kappa shape index (κ2) is 10.0. The van der Waals surface area contributed by atoms with Crippen LogP contribution in [0, 0.1) is 0 Å². The van der Waals surface area contributed by atoms with Crippen LogP contribution in [-0.4, -0.2) is 27.8 Å². The minimum absolute atomic E-state index is 0.172. The Hall–Kier alpha value is -3.22. The lowest BCUT2D eigenvalue weighted by Crippen LogP contribution is -2.09. The second-order valence-electron chi connectivity index (χ2n) is 5.99. The summed E-state index contributed by atoms with van der Waals surface area (Å²) in [5.41, 5.74) is 1.39. The van der Waals surface area contributed by atoms with Gasteiger partial charge in [-0.15, -0.1) is 11.6 Å². The van der Waals surface area contributed by atoms with Crippen LogP contribution in [0.2, 0.25) is 5.02 Å². The zero-order valence-electron chi connectivity index (χ0n) is 15.8. The van der Waals surface area contributed by atoms with Gasteiger partial charge in [0.05, 0.1) is 10.5 Å². The number of pyridine rings is 2. The van der Waals surface area contributed by atoms with Crippen molar-refractivity contribution in [3.8, 4) is 11.6 Å². The fourth-order valence-corrected chi connectivity index (χ4v) is 2.87. The van der Waals surface area contributed by atoms with Crippen LogP contribution in [0.15, 0.2) is 66.9 Å². The topological polar surface area (TPSA) is 78.4 Å². The van der Waals surface area contributed by atoms with E-state index < -0.39 is 5.97 Å². The van der Waals surface area contributed by atoms with E-state index >= 15 is 0 Å². The number of para-hydroxylation sites is 1. The van der Waals surface area contributed by atoms with Gasteiger partial charge in [0, 0.05) is 30.0 Å². The maximum absolute atomic E-state index is 10.9. The summed E-state index contributed by atoms with van der Waals surface area (Å²) in [5.74, 6) is -0.334. The third-order valence-corrected chi connectivity index (χ3v) is 4.38. The smallest absolute Gasteiger partial charge is 0.327 e. The molecule has 30 heavy (non-hydrogen) atoms. The molecule has 0 saturated heterocycles. The lowest BCUT2D eigenvalue weighted by Gasteiger charge is -2.05. The number of ether oxygens (including phenoxy) is 2. The van der Waals surface area contributed by atoms with Crippen molar-refractivity contribution in [3.63, 3.8) is 0 Å². The molecule has 0 aliphatic heterocycles. The van der Waals surface area contributed by atoms with Crippen LogP contribution in [0.4, 0.5) is 0 Å². The predicted molar refractivity (Wildman–Crippen MR) is 116 cm³/mol. The van der Waals surface area contributed by atoms with Gasteiger partial charge in [-0.2, -0.15) is 0 Å². The molecule has 2 aromatic carbocycles. The van der Waals surface area contributed by atoms with E-state index in [4.69, 9.17) is 32.7 Å². The molecule has 0 aliphatic carbocycles. The first-order valence-electron chi connectivity index (χ1n) is 8.82. The summed E-state index contributed by atoms with van der Waals surface area (Å²) in [6.45, 7) is 1.35. The number of esters is 2. The Bertz CT molecular complexity index is 1210. The zero-order chi connectivity index (χ0) is 21.5. The molecular weight excluding hydrogens is 427 g/mol. The molecule has 0 unspecified atom stereocenters. The summed E-state index contributed by atoms with van der Waals surface area (Å²) in [5, 5.41) is 2.37. The number of fused-ring (bicyclic) bond motifs is 2. The van der Waals surface area contributed by atoms with E-state index in [9.17, 15) is 9.59 Å². The highest BCUT2D eigenvalue weighted by Crippen LogP contribution is 2.29. The van der Waals surface area contributed by atoms with Crippen molar-refractivity contribution in [1.82, 2.24) is 9.97 Å². The third-order valence-electron chi connectivity index (χ3n) is 3.83. The molecule has 8 heteroatoms. The van der Waals surface area contributed by atoms with Gasteiger partial charge in [0.15, 0.2) is 5.75 Å². The lowest BCUT2D eigenvalue weighted by atomic mass is 10.2. The Morgan fingerprint density at radius 2 is 1.77 bits per heavy atom. The van der Waals surface area contributed by atoms with Gasteiger partial charge < -0.3 is 9.47 Å². The molecule has 4 rings (SSSR count). The minimum atomic E-state index is -0.501. The molecular formula is C22H16Cl2N2O4. The van der Waals surface area contributed by atoms with Gasteiger partial charge >= 0.3 is 11.9 Å². The number of carbonyl (C=O) groups excluding carboxylic acids is 2. The summed E-state index contributed by atoms with van der Waals surface area (Å²) >= 11 is 11.3. The van der Waals surface area contributed by atoms with Crippen LogP contribution < -0.4 is 9.47 Å². The predicted octanol–water partition coefficient (Wildman–Crippen LogP) is 5.19. The fraction of sp³-hybridized carbons (Fsp3) is 0.0909. The van der Waals surface area contributed by atoms with Gasteiger partial charge in [-0.3, -0.25) is 14.6 Å². The molecule has 6 nitrogen and oxygen atoms in total. The number of rotatable bonds is 3. The maximum Gasteiger partial charge on any atom is 0.327 e. The number of hydrogen-bond donors (Lipinski definition) is 0. The summed E-state index contributed by atoms with van der Waals surface area (Å²) < 4.78 is 9.91. The average Bonchev–Trinajstić information content (AvgIpc) is 2.76. The first-order valence-corrected chi connectivity index (χ1v) is 9.73. The van der Waals surface area contributed by atoms with E-state index in [2.05, 4.69) is 9.97 Å². The Kier molecular flexibility index (Phi) is 7.17. The van der Waals surface area contributed by atoms with E-state index in [1.165, 1.54) is 6.92 Å². The lowest BCUT2D eigenvalue weighted by molar-refractivity contribution is -0.132. The molecule has 0 saturated carbocycles.